The van der Waals surface area contributed by atoms with Gasteiger partial charge in [-0.1, -0.05) is 13.8 Å². The molecule has 0 spiro atoms. The van der Waals surface area contributed by atoms with Crippen LogP contribution >= 0.6 is 0 Å². The first kappa shape index (κ1) is 13.3. The largest absolute Gasteiger partial charge is 0.393 e. The van der Waals surface area contributed by atoms with Crippen molar-refractivity contribution in [2.75, 3.05) is 0 Å². The first-order chi connectivity index (χ1) is 6.41. The minimum Gasteiger partial charge on any atom is -0.393 e. The van der Waals surface area contributed by atoms with Gasteiger partial charge in [-0.3, -0.25) is 9.59 Å². The Morgan fingerprint density at radius 1 is 1.21 bits per heavy atom. The van der Waals surface area contributed by atoms with Gasteiger partial charge in [0, 0.05) is 6.42 Å². The smallest absolute Gasteiger partial charge is 0.142 e. The van der Waals surface area contributed by atoms with E-state index in [4.69, 9.17) is 0 Å². The lowest BCUT2D eigenvalue weighted by Gasteiger charge is -2.10. The van der Waals surface area contributed by atoms with E-state index in [0.29, 0.717) is 12.3 Å². The van der Waals surface area contributed by atoms with Gasteiger partial charge < -0.3 is 5.11 Å². The second kappa shape index (κ2) is 6.71. The number of ketones is 2. The Morgan fingerprint density at radius 3 is 2.21 bits per heavy atom. The average Bonchev–Trinajstić information content (AvgIpc) is 1.98. The zero-order valence-corrected chi connectivity index (χ0v) is 9.25. The van der Waals surface area contributed by atoms with Gasteiger partial charge in [0.25, 0.3) is 0 Å². The van der Waals surface area contributed by atoms with Crippen LogP contribution in [0.2, 0.25) is 0 Å². The van der Waals surface area contributed by atoms with E-state index >= 15 is 0 Å². The zero-order chi connectivity index (χ0) is 11.1. The predicted molar refractivity (Wildman–Crippen MR) is 55.0 cm³/mol. The van der Waals surface area contributed by atoms with Gasteiger partial charge in [0.2, 0.25) is 0 Å². The average molecular weight is 200 g/mol. The van der Waals surface area contributed by atoms with Crippen LogP contribution in [-0.2, 0) is 9.59 Å². The van der Waals surface area contributed by atoms with E-state index in [1.807, 2.05) is 0 Å². The Hall–Kier alpha value is -0.700. The first-order valence-corrected chi connectivity index (χ1v) is 5.11. The number of hydrogen-bond donors (Lipinski definition) is 1. The van der Waals surface area contributed by atoms with Gasteiger partial charge in [-0.2, -0.15) is 0 Å². The molecule has 3 heteroatoms. The summed E-state index contributed by atoms with van der Waals surface area (Å²) in [5.74, 6) is 0.243. The molecule has 0 radical (unpaired) electrons. The van der Waals surface area contributed by atoms with Crippen LogP contribution in [0.3, 0.4) is 0 Å². The Kier molecular flexibility index (Phi) is 6.37. The summed E-state index contributed by atoms with van der Waals surface area (Å²) in [6.07, 6.45) is 1.05. The van der Waals surface area contributed by atoms with Crippen LogP contribution in [0.5, 0.6) is 0 Å². The van der Waals surface area contributed by atoms with Crippen molar-refractivity contribution in [2.24, 2.45) is 5.92 Å². The molecule has 0 amide bonds. The standard InChI is InChI=1S/C11H20O3/c1-8(2)4-5-10(13)7-11(14)6-9(3)12/h8,10,13H,4-7H2,1-3H3. The summed E-state index contributed by atoms with van der Waals surface area (Å²) < 4.78 is 0. The molecular formula is C11H20O3. The van der Waals surface area contributed by atoms with E-state index in [1.54, 1.807) is 0 Å². The van der Waals surface area contributed by atoms with Crippen molar-refractivity contribution in [3.8, 4) is 0 Å². The number of carbonyl (C=O) groups is 2. The molecule has 14 heavy (non-hydrogen) atoms. The zero-order valence-electron chi connectivity index (χ0n) is 9.25. The monoisotopic (exact) mass is 200 g/mol. The quantitative estimate of drug-likeness (QED) is 0.637. The molecule has 0 heterocycles. The maximum Gasteiger partial charge on any atom is 0.142 e. The molecule has 0 fully saturated rings. The highest BCUT2D eigenvalue weighted by Gasteiger charge is 2.12. The van der Waals surface area contributed by atoms with Gasteiger partial charge in [-0.25, -0.2) is 0 Å². The number of Topliss-reactive ketones (excluding diaryl/α,β-unsaturated/α-hetero) is 2. The summed E-state index contributed by atoms with van der Waals surface area (Å²) in [5.41, 5.74) is 0. The van der Waals surface area contributed by atoms with Crippen LogP contribution < -0.4 is 0 Å². The highest BCUT2D eigenvalue weighted by Crippen LogP contribution is 2.10. The molecule has 3 nitrogen and oxygen atoms in total. The van der Waals surface area contributed by atoms with Gasteiger partial charge in [-0.05, 0) is 25.7 Å². The highest BCUT2D eigenvalue weighted by atomic mass is 16.3. The van der Waals surface area contributed by atoms with Crippen molar-refractivity contribution in [1.82, 2.24) is 0 Å². The maximum atomic E-state index is 11.1. The summed E-state index contributed by atoms with van der Waals surface area (Å²) in [6.45, 7) is 5.53. The minimum atomic E-state index is -0.579. The minimum absolute atomic E-state index is 0.0429. The summed E-state index contributed by atoms with van der Waals surface area (Å²) in [4.78, 5) is 21.7. The van der Waals surface area contributed by atoms with Crippen molar-refractivity contribution < 1.29 is 14.7 Å². The van der Waals surface area contributed by atoms with Gasteiger partial charge >= 0.3 is 0 Å². The number of carbonyl (C=O) groups excluding carboxylic acids is 2. The van der Waals surface area contributed by atoms with Gasteiger partial charge in [-0.15, -0.1) is 0 Å². The third-order valence-corrected chi connectivity index (χ3v) is 1.99. The van der Waals surface area contributed by atoms with E-state index < -0.39 is 6.10 Å². The third-order valence-electron chi connectivity index (χ3n) is 1.99. The molecule has 0 aromatic rings. The SMILES string of the molecule is CC(=O)CC(=O)CC(O)CCC(C)C. The number of aliphatic hydroxyl groups excluding tert-OH is 1. The van der Waals surface area contributed by atoms with E-state index in [0.717, 1.165) is 6.42 Å². The summed E-state index contributed by atoms with van der Waals surface area (Å²) in [7, 11) is 0. The van der Waals surface area contributed by atoms with E-state index in [1.165, 1.54) is 6.92 Å². The fraction of sp³-hybridized carbons (Fsp3) is 0.818. The lowest BCUT2D eigenvalue weighted by atomic mass is 10.0. The molecule has 0 aliphatic rings. The topological polar surface area (TPSA) is 54.4 Å². The van der Waals surface area contributed by atoms with Crippen molar-refractivity contribution in [2.45, 2.75) is 52.6 Å². The second-order valence-corrected chi connectivity index (χ2v) is 4.25. The molecule has 0 saturated carbocycles. The molecule has 1 N–H and O–H groups in total. The van der Waals surface area contributed by atoms with Crippen molar-refractivity contribution in [3.63, 3.8) is 0 Å². The Labute approximate surface area is 85.5 Å². The van der Waals surface area contributed by atoms with E-state index in [2.05, 4.69) is 13.8 Å². The molecule has 0 aliphatic heterocycles. The number of aliphatic hydroxyl groups is 1. The predicted octanol–water partition coefficient (Wildman–Crippen LogP) is 1.72. The van der Waals surface area contributed by atoms with E-state index in [-0.39, 0.29) is 24.4 Å². The summed E-state index contributed by atoms with van der Waals surface area (Å²) >= 11 is 0. The van der Waals surface area contributed by atoms with Gasteiger partial charge in [0.05, 0.1) is 12.5 Å². The Morgan fingerprint density at radius 2 is 1.79 bits per heavy atom. The molecule has 0 rings (SSSR count). The molecule has 0 aromatic heterocycles. The summed E-state index contributed by atoms with van der Waals surface area (Å²) in [6, 6.07) is 0. The molecule has 1 atom stereocenters. The second-order valence-electron chi connectivity index (χ2n) is 4.25. The first-order valence-electron chi connectivity index (χ1n) is 5.11. The van der Waals surface area contributed by atoms with Gasteiger partial charge in [0.15, 0.2) is 0 Å². The molecule has 82 valence electrons. The van der Waals surface area contributed by atoms with Crippen molar-refractivity contribution in [3.05, 3.63) is 0 Å². The van der Waals surface area contributed by atoms with Crippen LogP contribution in [0, 0.1) is 5.92 Å². The lowest BCUT2D eigenvalue weighted by Crippen LogP contribution is -2.15. The normalized spacial score (nSPS) is 12.9. The number of hydrogen-bond acceptors (Lipinski definition) is 3. The van der Waals surface area contributed by atoms with Crippen LogP contribution in [-0.4, -0.2) is 22.8 Å². The van der Waals surface area contributed by atoms with Crippen LogP contribution in [0.1, 0.15) is 46.5 Å². The number of rotatable bonds is 7. The molecular weight excluding hydrogens is 180 g/mol. The van der Waals surface area contributed by atoms with Crippen LogP contribution in [0.4, 0.5) is 0 Å². The maximum absolute atomic E-state index is 11.1. The Bertz CT molecular complexity index is 197. The molecule has 0 aromatic carbocycles. The summed E-state index contributed by atoms with van der Waals surface area (Å²) in [5, 5.41) is 9.45. The van der Waals surface area contributed by atoms with Crippen molar-refractivity contribution >= 4 is 11.6 Å². The molecule has 1 unspecified atom stereocenters. The van der Waals surface area contributed by atoms with E-state index in [9.17, 15) is 14.7 Å². The van der Waals surface area contributed by atoms with Crippen LogP contribution in [0.15, 0.2) is 0 Å². The molecule has 0 bridgehead atoms. The molecule has 0 aliphatic carbocycles. The fourth-order valence-corrected chi connectivity index (χ4v) is 1.24. The highest BCUT2D eigenvalue weighted by molar-refractivity contribution is 5.98. The lowest BCUT2D eigenvalue weighted by molar-refractivity contribution is -0.127. The fourth-order valence-electron chi connectivity index (χ4n) is 1.24. The van der Waals surface area contributed by atoms with Gasteiger partial charge in [0.1, 0.15) is 11.6 Å². The van der Waals surface area contributed by atoms with Crippen molar-refractivity contribution in [1.29, 1.82) is 0 Å². The molecule has 0 saturated heterocycles. The third kappa shape index (κ3) is 7.92. The Balaban J connectivity index is 3.65. The van der Waals surface area contributed by atoms with Crippen LogP contribution in [0.25, 0.3) is 0 Å².